The lowest BCUT2D eigenvalue weighted by molar-refractivity contribution is 0.664. The molecule has 0 bridgehead atoms. The standard InChI is InChI=1S/C13H12ClN5O/c1-3-4-19-13(20)12(11(14)8-18-19)17-7-10-6-15-9(2)5-16-10/h1,5-6,8,17H,4,7H2,2H3. The number of halogens is 1. The van der Waals surface area contributed by atoms with Crippen LogP contribution in [0.1, 0.15) is 11.4 Å². The molecule has 102 valence electrons. The van der Waals surface area contributed by atoms with Gasteiger partial charge in [-0.15, -0.1) is 6.42 Å². The quantitative estimate of drug-likeness (QED) is 0.858. The van der Waals surface area contributed by atoms with Crippen molar-refractivity contribution < 1.29 is 0 Å². The van der Waals surface area contributed by atoms with Crippen LogP contribution in [0.3, 0.4) is 0 Å². The molecular formula is C13H12ClN5O. The molecular weight excluding hydrogens is 278 g/mol. The van der Waals surface area contributed by atoms with Crippen LogP contribution in [0.4, 0.5) is 5.69 Å². The van der Waals surface area contributed by atoms with E-state index in [0.29, 0.717) is 12.2 Å². The number of aromatic nitrogens is 4. The van der Waals surface area contributed by atoms with Crippen LogP contribution in [0.2, 0.25) is 5.02 Å². The van der Waals surface area contributed by atoms with E-state index >= 15 is 0 Å². The van der Waals surface area contributed by atoms with Crippen LogP contribution >= 0.6 is 11.6 Å². The first-order valence-corrected chi connectivity index (χ1v) is 6.20. The fraction of sp³-hybridized carbons (Fsp3) is 0.231. The van der Waals surface area contributed by atoms with Gasteiger partial charge >= 0.3 is 0 Å². The minimum absolute atomic E-state index is 0.0923. The van der Waals surface area contributed by atoms with Gasteiger partial charge in [0.2, 0.25) is 0 Å². The van der Waals surface area contributed by atoms with Crippen molar-refractivity contribution >= 4 is 17.3 Å². The lowest BCUT2D eigenvalue weighted by Crippen LogP contribution is -2.25. The van der Waals surface area contributed by atoms with Gasteiger partial charge in [0.1, 0.15) is 12.2 Å². The summed E-state index contributed by atoms with van der Waals surface area (Å²) in [6.07, 6.45) is 9.84. The molecule has 0 aromatic carbocycles. The Balaban J connectivity index is 2.21. The molecule has 0 aliphatic rings. The van der Waals surface area contributed by atoms with Gasteiger partial charge in [-0.25, -0.2) is 4.68 Å². The average Bonchev–Trinajstić information content (AvgIpc) is 2.44. The Kier molecular flexibility index (Phi) is 4.33. The van der Waals surface area contributed by atoms with E-state index in [-0.39, 0.29) is 22.8 Å². The van der Waals surface area contributed by atoms with Gasteiger partial charge < -0.3 is 5.32 Å². The van der Waals surface area contributed by atoms with E-state index in [9.17, 15) is 4.79 Å². The van der Waals surface area contributed by atoms with E-state index < -0.39 is 0 Å². The molecule has 2 heterocycles. The topological polar surface area (TPSA) is 72.7 Å². The summed E-state index contributed by atoms with van der Waals surface area (Å²) in [6, 6.07) is 0. The fourth-order valence-corrected chi connectivity index (χ4v) is 1.71. The van der Waals surface area contributed by atoms with Crippen LogP contribution in [-0.4, -0.2) is 19.7 Å². The third-order valence-electron chi connectivity index (χ3n) is 2.52. The van der Waals surface area contributed by atoms with E-state index in [1.807, 2.05) is 6.92 Å². The van der Waals surface area contributed by atoms with Crippen molar-refractivity contribution in [2.24, 2.45) is 0 Å². The van der Waals surface area contributed by atoms with Gasteiger partial charge in [-0.05, 0) is 6.92 Å². The highest BCUT2D eigenvalue weighted by atomic mass is 35.5. The summed E-state index contributed by atoms with van der Waals surface area (Å²) in [4.78, 5) is 20.4. The van der Waals surface area contributed by atoms with Crippen LogP contribution in [0.5, 0.6) is 0 Å². The molecule has 2 rings (SSSR count). The Hall–Kier alpha value is -2.39. The predicted octanol–water partition coefficient (Wildman–Crippen LogP) is 1.24. The summed E-state index contributed by atoms with van der Waals surface area (Å²) >= 11 is 5.97. The largest absolute Gasteiger partial charge is 0.374 e. The first kappa shape index (κ1) is 14.0. The Morgan fingerprint density at radius 3 is 2.85 bits per heavy atom. The molecule has 0 fully saturated rings. The zero-order chi connectivity index (χ0) is 14.5. The molecule has 0 saturated carbocycles. The van der Waals surface area contributed by atoms with Gasteiger partial charge in [-0.1, -0.05) is 17.5 Å². The van der Waals surface area contributed by atoms with Crippen molar-refractivity contribution in [3.05, 3.63) is 45.4 Å². The molecule has 1 N–H and O–H groups in total. The van der Waals surface area contributed by atoms with E-state index in [0.717, 1.165) is 10.4 Å². The maximum Gasteiger partial charge on any atom is 0.292 e. The molecule has 0 amide bonds. The number of nitrogens with zero attached hydrogens (tertiary/aromatic N) is 4. The monoisotopic (exact) mass is 289 g/mol. The number of anilines is 1. The van der Waals surface area contributed by atoms with Crippen molar-refractivity contribution in [1.29, 1.82) is 0 Å². The third kappa shape index (κ3) is 3.13. The molecule has 20 heavy (non-hydrogen) atoms. The third-order valence-corrected chi connectivity index (χ3v) is 2.81. The van der Waals surface area contributed by atoms with E-state index in [4.69, 9.17) is 18.0 Å². The van der Waals surface area contributed by atoms with E-state index in [1.54, 1.807) is 12.4 Å². The molecule has 7 heteroatoms. The van der Waals surface area contributed by atoms with Crippen molar-refractivity contribution in [1.82, 2.24) is 19.7 Å². The number of nitrogens with one attached hydrogen (secondary N) is 1. The van der Waals surface area contributed by atoms with Crippen LogP contribution in [0, 0.1) is 19.3 Å². The van der Waals surface area contributed by atoms with Gasteiger partial charge in [0.05, 0.1) is 35.3 Å². The number of hydrogen-bond acceptors (Lipinski definition) is 5. The smallest absolute Gasteiger partial charge is 0.292 e. The second-order valence-corrected chi connectivity index (χ2v) is 4.44. The summed E-state index contributed by atoms with van der Waals surface area (Å²) in [5.41, 5.74) is 1.41. The fourth-order valence-electron chi connectivity index (χ4n) is 1.52. The Morgan fingerprint density at radius 1 is 1.40 bits per heavy atom. The number of rotatable bonds is 4. The summed E-state index contributed by atoms with van der Waals surface area (Å²) in [6.45, 7) is 2.28. The first-order chi connectivity index (χ1) is 9.61. The molecule has 0 spiro atoms. The molecule has 0 atom stereocenters. The summed E-state index contributed by atoms with van der Waals surface area (Å²) in [5.74, 6) is 2.36. The SMILES string of the molecule is C#CCn1ncc(Cl)c(NCc2cnc(C)cn2)c1=O. The van der Waals surface area contributed by atoms with Gasteiger partial charge in [0.15, 0.2) is 0 Å². The maximum absolute atomic E-state index is 12.1. The molecule has 0 aliphatic heterocycles. The maximum atomic E-state index is 12.1. The van der Waals surface area contributed by atoms with Crippen LogP contribution < -0.4 is 10.9 Å². The van der Waals surface area contributed by atoms with Crippen molar-refractivity contribution in [2.75, 3.05) is 5.32 Å². The zero-order valence-corrected chi connectivity index (χ0v) is 11.6. The van der Waals surface area contributed by atoms with Crippen LogP contribution in [0.15, 0.2) is 23.4 Å². The van der Waals surface area contributed by atoms with Gasteiger partial charge in [-0.3, -0.25) is 14.8 Å². The molecule has 0 aliphatic carbocycles. The van der Waals surface area contributed by atoms with Crippen molar-refractivity contribution in [3.8, 4) is 12.3 Å². The molecule has 0 saturated heterocycles. The Bertz CT molecular complexity index is 702. The average molecular weight is 290 g/mol. The van der Waals surface area contributed by atoms with Gasteiger partial charge in [0, 0.05) is 6.20 Å². The Labute approximate surface area is 120 Å². The van der Waals surface area contributed by atoms with E-state index in [1.165, 1.54) is 6.20 Å². The molecule has 6 nitrogen and oxygen atoms in total. The summed E-state index contributed by atoms with van der Waals surface area (Å²) < 4.78 is 1.16. The second-order valence-electron chi connectivity index (χ2n) is 4.04. The lowest BCUT2D eigenvalue weighted by Gasteiger charge is -2.09. The molecule has 0 radical (unpaired) electrons. The van der Waals surface area contributed by atoms with Crippen molar-refractivity contribution in [3.63, 3.8) is 0 Å². The van der Waals surface area contributed by atoms with Gasteiger partial charge in [-0.2, -0.15) is 5.10 Å². The highest BCUT2D eigenvalue weighted by molar-refractivity contribution is 6.32. The molecule has 2 aromatic rings. The number of hydrogen-bond donors (Lipinski definition) is 1. The zero-order valence-electron chi connectivity index (χ0n) is 10.8. The van der Waals surface area contributed by atoms with E-state index in [2.05, 4.69) is 26.3 Å². The second kappa shape index (κ2) is 6.17. The minimum Gasteiger partial charge on any atom is -0.374 e. The predicted molar refractivity (Wildman–Crippen MR) is 76.4 cm³/mol. The number of terminal acetylenes is 1. The Morgan fingerprint density at radius 2 is 2.20 bits per heavy atom. The minimum atomic E-state index is -0.365. The summed E-state index contributed by atoms with van der Waals surface area (Å²) in [7, 11) is 0. The first-order valence-electron chi connectivity index (χ1n) is 5.82. The lowest BCUT2D eigenvalue weighted by atomic mass is 10.4. The van der Waals surface area contributed by atoms with Gasteiger partial charge in [0.25, 0.3) is 5.56 Å². The molecule has 2 aromatic heterocycles. The normalized spacial score (nSPS) is 10.1. The molecule has 0 unspecified atom stereocenters. The highest BCUT2D eigenvalue weighted by Gasteiger charge is 2.09. The highest BCUT2D eigenvalue weighted by Crippen LogP contribution is 2.15. The van der Waals surface area contributed by atoms with Crippen LogP contribution in [0.25, 0.3) is 0 Å². The summed E-state index contributed by atoms with van der Waals surface area (Å²) in [5, 5.41) is 7.04. The number of aryl methyl sites for hydroxylation is 1. The van der Waals surface area contributed by atoms with Crippen LogP contribution in [-0.2, 0) is 13.1 Å². The van der Waals surface area contributed by atoms with Crippen molar-refractivity contribution in [2.45, 2.75) is 20.0 Å².